The molecule has 0 radical (unpaired) electrons. The third-order valence-corrected chi connectivity index (χ3v) is 5.83. The number of nitrogens with zero attached hydrogens (tertiary/aromatic N) is 5. The lowest BCUT2D eigenvalue weighted by atomic mass is 10.1. The van der Waals surface area contributed by atoms with Gasteiger partial charge in [0.25, 0.3) is 0 Å². The van der Waals surface area contributed by atoms with Crippen LogP contribution in [-0.2, 0) is 11.3 Å². The maximum absolute atomic E-state index is 14.8. The molecule has 180 valence electrons. The van der Waals surface area contributed by atoms with Crippen LogP contribution in [-0.4, -0.2) is 40.8 Å². The highest BCUT2D eigenvalue weighted by Gasteiger charge is 2.23. The minimum absolute atomic E-state index is 0.0531. The summed E-state index contributed by atoms with van der Waals surface area (Å²) >= 11 is 0. The third kappa shape index (κ3) is 4.55. The summed E-state index contributed by atoms with van der Waals surface area (Å²) in [6.45, 7) is 1.80. The number of ether oxygens (including phenoxy) is 1. The third-order valence-electron chi connectivity index (χ3n) is 5.83. The van der Waals surface area contributed by atoms with E-state index in [0.717, 1.165) is 36.5 Å². The molecular weight excluding hydrogens is 444 g/mol. The van der Waals surface area contributed by atoms with E-state index in [-0.39, 0.29) is 35.1 Å². The summed E-state index contributed by atoms with van der Waals surface area (Å²) in [7, 11) is 1.39. The molecule has 1 fully saturated rings. The number of methoxy groups -OCH3 is 1. The Morgan fingerprint density at radius 1 is 1.24 bits per heavy atom. The van der Waals surface area contributed by atoms with Crippen molar-refractivity contribution in [1.82, 2.24) is 20.1 Å². The number of nitrogens with one attached hydrogen (secondary N) is 1. The number of hydrazone groups is 1. The van der Waals surface area contributed by atoms with Gasteiger partial charge in [0.15, 0.2) is 17.5 Å². The first kappa shape index (κ1) is 23.5. The van der Waals surface area contributed by atoms with E-state index in [0.29, 0.717) is 11.6 Å². The van der Waals surface area contributed by atoms with Crippen molar-refractivity contribution in [3.63, 3.8) is 0 Å². The van der Waals surface area contributed by atoms with Crippen LogP contribution in [0.5, 0.6) is 0 Å². The zero-order valence-electron chi connectivity index (χ0n) is 18.7. The molecule has 0 bridgehead atoms. The van der Waals surface area contributed by atoms with Crippen molar-refractivity contribution in [1.29, 1.82) is 0 Å². The zero-order chi connectivity index (χ0) is 24.2. The van der Waals surface area contributed by atoms with E-state index in [1.165, 1.54) is 19.2 Å². The molecule has 4 rings (SSSR count). The Morgan fingerprint density at radius 3 is 2.71 bits per heavy atom. The maximum Gasteiger partial charge on any atom is 0.184 e. The van der Waals surface area contributed by atoms with Gasteiger partial charge in [0.05, 0.1) is 30.1 Å². The van der Waals surface area contributed by atoms with Crippen LogP contribution >= 0.6 is 0 Å². The number of piperidine rings is 1. The Kier molecular flexibility index (Phi) is 7.01. The Balaban J connectivity index is 1.65. The molecule has 0 unspecified atom stereocenters. The molecule has 2 aromatic heterocycles. The zero-order valence-corrected chi connectivity index (χ0v) is 18.7. The Hall–Kier alpha value is -3.61. The molecule has 34 heavy (non-hydrogen) atoms. The largest absolute Gasteiger partial charge is 0.383 e. The van der Waals surface area contributed by atoms with E-state index in [9.17, 15) is 8.78 Å². The highest BCUT2D eigenvalue weighted by atomic mass is 19.2. The number of hydrogen-bond acceptors (Lipinski definition) is 8. The second kappa shape index (κ2) is 10.1. The minimum atomic E-state index is -1.16. The first-order chi connectivity index (χ1) is 16.4. The lowest BCUT2D eigenvalue weighted by Gasteiger charge is -2.23. The monoisotopic (exact) mass is 471 g/mol. The summed E-state index contributed by atoms with van der Waals surface area (Å²) in [5.74, 6) is 9.46. The number of anilines is 2. The van der Waals surface area contributed by atoms with Gasteiger partial charge in [0, 0.05) is 36.2 Å². The van der Waals surface area contributed by atoms with Gasteiger partial charge in [-0.15, -0.1) is 0 Å². The van der Waals surface area contributed by atoms with Gasteiger partial charge in [0.1, 0.15) is 5.82 Å². The first-order valence-corrected chi connectivity index (χ1v) is 10.7. The number of nitrogens with two attached hydrogens (primary N) is 3. The molecule has 0 amide bonds. The fourth-order valence-corrected chi connectivity index (χ4v) is 3.98. The van der Waals surface area contributed by atoms with Crippen LogP contribution in [0.25, 0.3) is 11.1 Å². The summed E-state index contributed by atoms with van der Waals surface area (Å²) in [6, 6.07) is 4.69. The molecule has 3 heterocycles. The molecule has 1 aliphatic rings. The van der Waals surface area contributed by atoms with Crippen molar-refractivity contribution >= 4 is 17.3 Å². The molecule has 0 atom stereocenters. The Labute approximate surface area is 195 Å². The SMILES string of the molecule is COCc1ccc(N(N)/C(=N\N)c2cc(-c3cnn(C4CCNCC4)c3)cnc2N)c(F)c1F. The van der Waals surface area contributed by atoms with E-state index >= 15 is 0 Å². The number of nitrogen functional groups attached to an aromatic ring is 1. The van der Waals surface area contributed by atoms with Crippen molar-refractivity contribution < 1.29 is 13.5 Å². The van der Waals surface area contributed by atoms with Crippen LogP contribution in [0.2, 0.25) is 0 Å². The molecular formula is C22H27F2N9O. The summed E-state index contributed by atoms with van der Waals surface area (Å²) in [6.07, 6.45) is 7.25. The van der Waals surface area contributed by atoms with Crippen LogP contribution in [0.1, 0.15) is 30.0 Å². The predicted octanol–water partition coefficient (Wildman–Crippen LogP) is 1.88. The summed E-state index contributed by atoms with van der Waals surface area (Å²) in [5.41, 5.74) is 7.62. The fraction of sp³-hybridized carbons (Fsp3) is 0.318. The average molecular weight is 472 g/mol. The average Bonchev–Trinajstić information content (AvgIpc) is 3.35. The van der Waals surface area contributed by atoms with E-state index < -0.39 is 11.6 Å². The fourth-order valence-electron chi connectivity index (χ4n) is 3.98. The van der Waals surface area contributed by atoms with Gasteiger partial charge in [-0.2, -0.15) is 10.2 Å². The highest BCUT2D eigenvalue weighted by molar-refractivity contribution is 6.12. The number of aromatic nitrogens is 3. The number of hydrogen-bond donors (Lipinski definition) is 4. The van der Waals surface area contributed by atoms with Gasteiger partial charge in [0.2, 0.25) is 0 Å². The number of halogens is 2. The summed E-state index contributed by atoms with van der Waals surface area (Å²) < 4.78 is 36.0. The van der Waals surface area contributed by atoms with Crippen LogP contribution in [0.4, 0.5) is 20.3 Å². The van der Waals surface area contributed by atoms with Crippen LogP contribution in [0, 0.1) is 11.6 Å². The smallest absolute Gasteiger partial charge is 0.184 e. The van der Waals surface area contributed by atoms with Gasteiger partial charge >= 0.3 is 0 Å². The standard InChI is InChI=1S/C22H27F2N9O/c1-34-12-13-2-3-18(20(24)19(13)23)33(27)22(31-26)17-8-14(9-29-21(17)25)15-10-30-32(11-15)16-4-6-28-7-5-16/h2-3,8-11,16,28H,4-7,12,26-27H2,1H3,(H2,25,29)/b31-22-. The lowest BCUT2D eigenvalue weighted by Crippen LogP contribution is -2.40. The van der Waals surface area contributed by atoms with Gasteiger partial charge in [-0.25, -0.2) is 19.6 Å². The quantitative estimate of drug-likeness (QED) is 0.185. The molecule has 0 saturated carbocycles. The summed E-state index contributed by atoms with van der Waals surface area (Å²) in [5, 5.41) is 12.4. The molecule has 3 aromatic rings. The number of amidine groups is 1. The van der Waals surface area contributed by atoms with Crippen molar-refractivity contribution in [2.24, 2.45) is 16.8 Å². The highest BCUT2D eigenvalue weighted by Crippen LogP contribution is 2.28. The molecule has 1 aliphatic heterocycles. The van der Waals surface area contributed by atoms with Gasteiger partial charge in [-0.05, 0) is 38.1 Å². The van der Waals surface area contributed by atoms with E-state index in [2.05, 4.69) is 20.5 Å². The normalized spacial score (nSPS) is 15.0. The van der Waals surface area contributed by atoms with Crippen LogP contribution < -0.4 is 27.7 Å². The van der Waals surface area contributed by atoms with Crippen molar-refractivity contribution in [3.05, 3.63) is 59.6 Å². The van der Waals surface area contributed by atoms with E-state index in [1.807, 2.05) is 10.9 Å². The Bertz CT molecular complexity index is 1190. The molecule has 7 N–H and O–H groups in total. The predicted molar refractivity (Wildman–Crippen MR) is 125 cm³/mol. The number of rotatable bonds is 6. The topological polar surface area (TPSA) is 146 Å². The summed E-state index contributed by atoms with van der Waals surface area (Å²) in [4.78, 5) is 4.23. The molecule has 1 saturated heterocycles. The number of hydrazine groups is 1. The first-order valence-electron chi connectivity index (χ1n) is 10.7. The van der Waals surface area contributed by atoms with E-state index in [4.69, 9.17) is 22.2 Å². The Morgan fingerprint density at radius 2 is 2.00 bits per heavy atom. The van der Waals surface area contributed by atoms with Gasteiger partial charge in [-0.1, -0.05) is 6.07 Å². The van der Waals surface area contributed by atoms with Crippen molar-refractivity contribution in [3.8, 4) is 11.1 Å². The minimum Gasteiger partial charge on any atom is -0.383 e. The molecule has 1 aromatic carbocycles. The van der Waals surface area contributed by atoms with Crippen LogP contribution in [0.15, 0.2) is 41.9 Å². The molecule has 0 aliphatic carbocycles. The molecule has 10 nitrogen and oxygen atoms in total. The van der Waals surface area contributed by atoms with Crippen molar-refractivity contribution in [2.45, 2.75) is 25.5 Å². The second-order valence-electron chi connectivity index (χ2n) is 7.97. The number of benzene rings is 1. The molecule has 0 spiro atoms. The lowest BCUT2D eigenvalue weighted by molar-refractivity contribution is 0.180. The van der Waals surface area contributed by atoms with Gasteiger partial charge in [-0.3, -0.25) is 9.69 Å². The van der Waals surface area contributed by atoms with Gasteiger partial charge < -0.3 is 21.6 Å². The maximum atomic E-state index is 14.8. The molecule has 12 heteroatoms. The number of pyridine rings is 1. The second-order valence-corrected chi connectivity index (χ2v) is 7.97. The van der Waals surface area contributed by atoms with E-state index in [1.54, 1.807) is 18.5 Å². The van der Waals surface area contributed by atoms with Crippen molar-refractivity contribution in [2.75, 3.05) is 30.9 Å². The van der Waals surface area contributed by atoms with Crippen LogP contribution in [0.3, 0.4) is 0 Å².